The average Bonchev–Trinajstić information content (AvgIpc) is 2.91. The van der Waals surface area contributed by atoms with Gasteiger partial charge in [-0.1, -0.05) is 12.1 Å². The topological polar surface area (TPSA) is 51.2 Å². The first-order valence-electron chi connectivity index (χ1n) is 7.50. The van der Waals surface area contributed by atoms with Gasteiger partial charge in [0.25, 0.3) is 0 Å². The normalized spacial score (nSPS) is 13.9. The van der Waals surface area contributed by atoms with Gasteiger partial charge in [-0.15, -0.1) is 11.3 Å². The maximum atomic E-state index is 12.3. The third-order valence-electron chi connectivity index (χ3n) is 3.55. The van der Waals surface area contributed by atoms with E-state index < -0.39 is 11.0 Å². The Labute approximate surface area is 158 Å². The second-order valence-corrected chi connectivity index (χ2v) is 9.30. The van der Waals surface area contributed by atoms with E-state index >= 15 is 0 Å². The largest absolute Gasteiger partial charge is 0.496 e. The van der Waals surface area contributed by atoms with Crippen LogP contribution in [0.5, 0.6) is 5.75 Å². The summed E-state index contributed by atoms with van der Waals surface area (Å²) in [5, 5.41) is 0. The van der Waals surface area contributed by atoms with Crippen molar-refractivity contribution in [2.45, 2.75) is 45.4 Å². The van der Waals surface area contributed by atoms with Gasteiger partial charge < -0.3 is 4.74 Å². The number of aromatic nitrogens is 1. The van der Waals surface area contributed by atoms with Crippen molar-refractivity contribution in [2.75, 3.05) is 7.11 Å². The highest BCUT2D eigenvalue weighted by atomic mass is 32.2. The molecule has 0 bridgehead atoms. The molecule has 1 aromatic heterocycles. The van der Waals surface area contributed by atoms with Crippen LogP contribution in [0.4, 0.5) is 0 Å². The molecule has 0 aliphatic rings. The first-order chi connectivity index (χ1) is 10.7. The Balaban J connectivity index is 0.00000288. The van der Waals surface area contributed by atoms with Crippen LogP contribution in [0, 0.1) is 6.92 Å². The first kappa shape index (κ1) is 21.2. The van der Waals surface area contributed by atoms with Gasteiger partial charge in [-0.2, -0.15) is 13.5 Å². The number of methoxy groups -OCH3 is 1. The lowest BCUT2D eigenvalue weighted by Gasteiger charge is -2.23. The van der Waals surface area contributed by atoms with Crippen LogP contribution in [0.25, 0.3) is 10.4 Å². The minimum absolute atomic E-state index is 0. The lowest BCUT2D eigenvalue weighted by Crippen LogP contribution is -2.34. The SMILES string of the molecule is COc1cc(-c2scnc2C)ccc1[C@H](C)N[S@](=O)C(C)(C)C.S. The molecular formula is C17H26N2O2S3. The molecule has 24 heavy (non-hydrogen) atoms. The van der Waals surface area contributed by atoms with Gasteiger partial charge in [0.05, 0.1) is 38.9 Å². The van der Waals surface area contributed by atoms with Crippen LogP contribution in [0.15, 0.2) is 23.7 Å². The number of benzene rings is 1. The highest BCUT2D eigenvalue weighted by Crippen LogP contribution is 2.34. The summed E-state index contributed by atoms with van der Waals surface area (Å²) in [5.41, 5.74) is 4.96. The van der Waals surface area contributed by atoms with Gasteiger partial charge in [-0.05, 0) is 46.2 Å². The predicted molar refractivity (Wildman–Crippen MR) is 109 cm³/mol. The summed E-state index contributed by atoms with van der Waals surface area (Å²) in [6, 6.07) is 6.05. The second kappa shape index (κ2) is 8.47. The standard InChI is InChI=1S/C17H24N2O2S2.H2S/c1-11(19-23(20)17(3,4)5)14-8-7-13(9-15(14)21-6)16-12(2)18-10-22-16;/h7-11,19H,1-6H3;1H2/t11-,23+;/m0./s1. The number of hydrogen-bond acceptors (Lipinski definition) is 4. The highest BCUT2D eigenvalue weighted by Gasteiger charge is 2.23. The zero-order valence-corrected chi connectivity index (χ0v) is 17.6. The van der Waals surface area contributed by atoms with Crippen LogP contribution in [-0.4, -0.2) is 21.0 Å². The second-order valence-electron chi connectivity index (χ2n) is 6.44. The summed E-state index contributed by atoms with van der Waals surface area (Å²) in [4.78, 5) is 5.44. The van der Waals surface area contributed by atoms with Gasteiger partial charge in [0.2, 0.25) is 0 Å². The van der Waals surface area contributed by atoms with E-state index in [1.807, 2.05) is 52.3 Å². The summed E-state index contributed by atoms with van der Waals surface area (Å²) in [6.45, 7) is 9.86. The third-order valence-corrected chi connectivity index (χ3v) is 6.21. The molecule has 2 rings (SSSR count). The molecule has 2 aromatic rings. The Morgan fingerprint density at radius 3 is 2.50 bits per heavy atom. The number of hydrogen-bond donors (Lipinski definition) is 1. The third kappa shape index (κ3) is 4.81. The fourth-order valence-electron chi connectivity index (χ4n) is 2.19. The fourth-order valence-corrected chi connectivity index (χ4v) is 3.79. The molecule has 0 aliphatic carbocycles. The lowest BCUT2D eigenvalue weighted by molar-refractivity contribution is 0.406. The van der Waals surface area contributed by atoms with Gasteiger partial charge in [-0.25, -0.2) is 13.9 Å². The zero-order valence-electron chi connectivity index (χ0n) is 15.0. The minimum atomic E-state index is -1.13. The first-order valence-corrected chi connectivity index (χ1v) is 9.53. The van der Waals surface area contributed by atoms with Gasteiger partial charge in [0.15, 0.2) is 0 Å². The quantitative estimate of drug-likeness (QED) is 0.831. The lowest BCUT2D eigenvalue weighted by atomic mass is 10.0. The molecule has 1 heterocycles. The molecule has 4 nitrogen and oxygen atoms in total. The fraction of sp³-hybridized carbons (Fsp3) is 0.471. The number of aryl methyl sites for hydroxylation is 1. The number of ether oxygens (including phenoxy) is 1. The summed E-state index contributed by atoms with van der Waals surface area (Å²) < 4.78 is 20.7. The molecule has 0 saturated heterocycles. The molecule has 0 saturated carbocycles. The number of nitrogens with one attached hydrogen (secondary N) is 1. The van der Waals surface area contributed by atoms with Crippen LogP contribution in [0.2, 0.25) is 0 Å². The van der Waals surface area contributed by atoms with E-state index in [9.17, 15) is 4.21 Å². The molecule has 0 aliphatic heterocycles. The molecule has 1 N–H and O–H groups in total. The maximum Gasteiger partial charge on any atom is 0.124 e. The van der Waals surface area contributed by atoms with E-state index in [0.717, 1.165) is 27.4 Å². The van der Waals surface area contributed by atoms with Gasteiger partial charge in [-0.3, -0.25) is 0 Å². The Morgan fingerprint density at radius 1 is 1.33 bits per heavy atom. The van der Waals surface area contributed by atoms with Crippen molar-refractivity contribution in [3.05, 3.63) is 35.0 Å². The molecule has 0 unspecified atom stereocenters. The Morgan fingerprint density at radius 2 is 2.00 bits per heavy atom. The minimum Gasteiger partial charge on any atom is -0.496 e. The van der Waals surface area contributed by atoms with Gasteiger partial charge in [0.1, 0.15) is 5.75 Å². The smallest absolute Gasteiger partial charge is 0.124 e. The van der Waals surface area contributed by atoms with Crippen molar-refractivity contribution in [1.29, 1.82) is 0 Å². The molecule has 1 aromatic carbocycles. The molecule has 7 heteroatoms. The summed E-state index contributed by atoms with van der Waals surface area (Å²) in [5.74, 6) is 0.793. The van der Waals surface area contributed by atoms with Crippen molar-refractivity contribution < 1.29 is 8.95 Å². The average molecular weight is 387 g/mol. The van der Waals surface area contributed by atoms with E-state index in [0.29, 0.717) is 0 Å². The molecule has 0 spiro atoms. The number of thiazole rings is 1. The number of rotatable bonds is 5. The monoisotopic (exact) mass is 386 g/mol. The maximum absolute atomic E-state index is 12.3. The summed E-state index contributed by atoms with van der Waals surface area (Å²) >= 11 is 1.62. The van der Waals surface area contributed by atoms with Crippen molar-refractivity contribution in [3.8, 4) is 16.2 Å². The van der Waals surface area contributed by atoms with Crippen LogP contribution in [0.3, 0.4) is 0 Å². The molecule has 0 radical (unpaired) electrons. The zero-order chi connectivity index (χ0) is 17.2. The van der Waals surface area contributed by atoms with Crippen molar-refractivity contribution >= 4 is 35.8 Å². The van der Waals surface area contributed by atoms with Crippen molar-refractivity contribution in [1.82, 2.24) is 9.71 Å². The van der Waals surface area contributed by atoms with Crippen LogP contribution >= 0.6 is 24.8 Å². The van der Waals surface area contributed by atoms with Crippen LogP contribution < -0.4 is 9.46 Å². The van der Waals surface area contributed by atoms with Crippen molar-refractivity contribution in [2.24, 2.45) is 0 Å². The summed E-state index contributed by atoms with van der Waals surface area (Å²) in [6.07, 6.45) is 0. The van der Waals surface area contributed by atoms with E-state index in [1.54, 1.807) is 18.4 Å². The Kier molecular flexibility index (Phi) is 7.46. The molecular weight excluding hydrogens is 360 g/mol. The van der Waals surface area contributed by atoms with E-state index in [2.05, 4.69) is 15.8 Å². The van der Waals surface area contributed by atoms with Gasteiger partial charge in [0, 0.05) is 11.6 Å². The molecule has 134 valence electrons. The number of nitrogens with zero attached hydrogens (tertiary/aromatic N) is 1. The predicted octanol–water partition coefficient (Wildman–Crippen LogP) is 4.35. The highest BCUT2D eigenvalue weighted by molar-refractivity contribution is 7.84. The van der Waals surface area contributed by atoms with Crippen LogP contribution in [0.1, 0.15) is 45.0 Å². The van der Waals surface area contributed by atoms with E-state index in [-0.39, 0.29) is 24.3 Å². The van der Waals surface area contributed by atoms with Gasteiger partial charge >= 0.3 is 0 Å². The van der Waals surface area contributed by atoms with Crippen molar-refractivity contribution in [3.63, 3.8) is 0 Å². The molecule has 2 atom stereocenters. The molecule has 0 amide bonds. The Bertz CT molecular complexity index is 708. The van der Waals surface area contributed by atoms with E-state index in [1.165, 1.54) is 0 Å². The van der Waals surface area contributed by atoms with Crippen LogP contribution in [-0.2, 0) is 11.0 Å². The summed E-state index contributed by atoms with van der Waals surface area (Å²) in [7, 11) is 0.532. The Hall–Kier alpha value is -0.890. The molecule has 0 fully saturated rings. The van der Waals surface area contributed by atoms with E-state index in [4.69, 9.17) is 4.74 Å².